The molecule has 0 amide bonds. The van der Waals surface area contributed by atoms with Crippen molar-refractivity contribution in [2.75, 3.05) is 25.4 Å². The zero-order valence-electron chi connectivity index (χ0n) is 16.9. The molecule has 6 nitrogen and oxygen atoms in total. The molecule has 1 aliphatic rings. The summed E-state index contributed by atoms with van der Waals surface area (Å²) in [6.45, 7) is 5.38. The number of nitrogens with two attached hydrogens (primary N) is 1. The smallest absolute Gasteiger partial charge is 0.226 e. The topological polar surface area (TPSA) is 77.4 Å². The zero-order chi connectivity index (χ0) is 20.1. The SMILES string of the molecule is CC1CCCN1CCCOc1ccc(-c2nc(Cc3ncccc3N)co2)cc1. The van der Waals surface area contributed by atoms with Crippen molar-refractivity contribution >= 4 is 5.69 Å². The zero-order valence-corrected chi connectivity index (χ0v) is 16.9. The minimum atomic E-state index is 0.549. The minimum Gasteiger partial charge on any atom is -0.494 e. The summed E-state index contributed by atoms with van der Waals surface area (Å²) in [7, 11) is 0. The van der Waals surface area contributed by atoms with Crippen LogP contribution >= 0.6 is 0 Å². The summed E-state index contributed by atoms with van der Waals surface area (Å²) in [5.41, 5.74) is 9.15. The number of likely N-dealkylation sites (tertiary alicyclic amines) is 1. The van der Waals surface area contributed by atoms with Crippen molar-refractivity contribution in [3.8, 4) is 17.2 Å². The van der Waals surface area contributed by atoms with Crippen LogP contribution < -0.4 is 10.5 Å². The first-order valence-electron chi connectivity index (χ1n) is 10.3. The maximum atomic E-state index is 5.96. The number of ether oxygens (including phenoxy) is 1. The molecular weight excluding hydrogens is 364 g/mol. The average Bonchev–Trinajstić information content (AvgIpc) is 3.37. The van der Waals surface area contributed by atoms with Gasteiger partial charge in [-0.2, -0.15) is 0 Å². The number of anilines is 1. The highest BCUT2D eigenvalue weighted by atomic mass is 16.5. The lowest BCUT2D eigenvalue weighted by molar-refractivity contribution is 0.230. The summed E-state index contributed by atoms with van der Waals surface area (Å²) < 4.78 is 11.5. The van der Waals surface area contributed by atoms with Gasteiger partial charge in [-0.25, -0.2) is 4.98 Å². The van der Waals surface area contributed by atoms with Crippen molar-refractivity contribution in [3.05, 3.63) is 60.2 Å². The number of hydrogen-bond donors (Lipinski definition) is 1. The largest absolute Gasteiger partial charge is 0.494 e. The van der Waals surface area contributed by atoms with Crippen LogP contribution in [-0.2, 0) is 6.42 Å². The number of hydrogen-bond acceptors (Lipinski definition) is 6. The van der Waals surface area contributed by atoms with Crippen LogP contribution in [0, 0.1) is 0 Å². The molecule has 152 valence electrons. The van der Waals surface area contributed by atoms with E-state index < -0.39 is 0 Å². The van der Waals surface area contributed by atoms with Gasteiger partial charge in [0.25, 0.3) is 0 Å². The first kappa shape index (κ1) is 19.5. The molecule has 2 aromatic heterocycles. The van der Waals surface area contributed by atoms with Crippen LogP contribution in [0.1, 0.15) is 37.6 Å². The predicted molar refractivity (Wildman–Crippen MR) is 114 cm³/mol. The Morgan fingerprint density at radius 3 is 2.86 bits per heavy atom. The van der Waals surface area contributed by atoms with E-state index in [9.17, 15) is 0 Å². The molecule has 0 saturated carbocycles. The molecule has 3 heterocycles. The van der Waals surface area contributed by atoms with Gasteiger partial charge in [0, 0.05) is 30.8 Å². The molecule has 1 fully saturated rings. The molecule has 3 aromatic rings. The van der Waals surface area contributed by atoms with Crippen molar-refractivity contribution in [1.29, 1.82) is 0 Å². The summed E-state index contributed by atoms with van der Waals surface area (Å²) in [5.74, 6) is 1.46. The van der Waals surface area contributed by atoms with Gasteiger partial charge in [-0.1, -0.05) is 0 Å². The quantitative estimate of drug-likeness (QED) is 0.580. The number of nitrogens with zero attached hydrogens (tertiary/aromatic N) is 3. The lowest BCUT2D eigenvalue weighted by Gasteiger charge is -2.20. The van der Waals surface area contributed by atoms with Gasteiger partial charge in [0.05, 0.1) is 23.7 Å². The number of nitrogen functional groups attached to an aromatic ring is 1. The van der Waals surface area contributed by atoms with E-state index in [1.54, 1.807) is 12.5 Å². The van der Waals surface area contributed by atoms with Gasteiger partial charge in [0.1, 0.15) is 12.0 Å². The van der Waals surface area contributed by atoms with Gasteiger partial charge in [-0.3, -0.25) is 4.98 Å². The Labute approximate surface area is 171 Å². The summed E-state index contributed by atoms with van der Waals surface area (Å²) in [5, 5.41) is 0. The fraction of sp³-hybridized carbons (Fsp3) is 0.391. The molecule has 0 spiro atoms. The number of benzene rings is 1. The number of oxazole rings is 1. The van der Waals surface area contributed by atoms with Crippen LogP contribution in [-0.4, -0.2) is 40.6 Å². The van der Waals surface area contributed by atoms with Crippen molar-refractivity contribution in [2.45, 2.75) is 38.6 Å². The highest BCUT2D eigenvalue weighted by Gasteiger charge is 2.19. The third-order valence-corrected chi connectivity index (χ3v) is 5.48. The van der Waals surface area contributed by atoms with Gasteiger partial charge in [0.2, 0.25) is 5.89 Å². The molecule has 0 radical (unpaired) electrons. The van der Waals surface area contributed by atoms with Crippen LogP contribution in [0.5, 0.6) is 5.75 Å². The first-order chi connectivity index (χ1) is 14.2. The molecule has 0 aliphatic carbocycles. The maximum Gasteiger partial charge on any atom is 0.226 e. The number of aromatic nitrogens is 2. The Balaban J connectivity index is 1.29. The standard InChI is InChI=1S/C23H28N4O2/c1-17-5-3-12-27(17)13-4-14-28-20-9-7-18(8-10-20)23-26-19(16-29-23)15-22-21(24)6-2-11-25-22/h2,6-11,16-17H,3-5,12-15,24H2,1H3. The van der Waals surface area contributed by atoms with Crippen molar-refractivity contribution < 1.29 is 9.15 Å². The van der Waals surface area contributed by atoms with Crippen LogP contribution in [0.2, 0.25) is 0 Å². The number of pyridine rings is 1. The molecule has 4 rings (SSSR count). The molecule has 1 saturated heterocycles. The summed E-state index contributed by atoms with van der Waals surface area (Å²) in [6, 6.07) is 12.3. The van der Waals surface area contributed by atoms with E-state index in [0.717, 1.165) is 42.3 Å². The molecular formula is C23H28N4O2. The van der Waals surface area contributed by atoms with E-state index in [-0.39, 0.29) is 0 Å². The molecule has 29 heavy (non-hydrogen) atoms. The van der Waals surface area contributed by atoms with E-state index in [1.165, 1.54) is 19.4 Å². The van der Waals surface area contributed by atoms with E-state index in [1.807, 2.05) is 36.4 Å². The lowest BCUT2D eigenvalue weighted by Crippen LogP contribution is -2.28. The number of rotatable bonds is 8. The Morgan fingerprint density at radius 1 is 1.24 bits per heavy atom. The molecule has 1 unspecified atom stereocenters. The third-order valence-electron chi connectivity index (χ3n) is 5.48. The third kappa shape index (κ3) is 4.95. The van der Waals surface area contributed by atoms with Gasteiger partial charge >= 0.3 is 0 Å². The van der Waals surface area contributed by atoms with Crippen LogP contribution in [0.15, 0.2) is 53.3 Å². The molecule has 1 aliphatic heterocycles. The molecule has 2 N–H and O–H groups in total. The van der Waals surface area contributed by atoms with Crippen molar-refractivity contribution in [2.24, 2.45) is 0 Å². The van der Waals surface area contributed by atoms with Crippen LogP contribution in [0.4, 0.5) is 5.69 Å². The fourth-order valence-electron chi connectivity index (χ4n) is 3.77. The average molecular weight is 393 g/mol. The van der Waals surface area contributed by atoms with Crippen molar-refractivity contribution in [1.82, 2.24) is 14.9 Å². The van der Waals surface area contributed by atoms with E-state index in [4.69, 9.17) is 14.9 Å². The normalized spacial score (nSPS) is 16.9. The van der Waals surface area contributed by atoms with Gasteiger partial charge in [-0.15, -0.1) is 0 Å². The second-order valence-electron chi connectivity index (χ2n) is 7.61. The minimum absolute atomic E-state index is 0.549. The highest BCUT2D eigenvalue weighted by molar-refractivity contribution is 5.55. The van der Waals surface area contributed by atoms with Crippen molar-refractivity contribution in [3.63, 3.8) is 0 Å². The Hall–Kier alpha value is -2.86. The molecule has 1 aromatic carbocycles. The molecule has 6 heteroatoms. The van der Waals surface area contributed by atoms with Gasteiger partial charge < -0.3 is 19.8 Å². The predicted octanol–water partition coefficient (Wildman–Crippen LogP) is 4.16. The lowest BCUT2D eigenvalue weighted by atomic mass is 10.2. The monoisotopic (exact) mass is 392 g/mol. The second-order valence-corrected chi connectivity index (χ2v) is 7.61. The van der Waals surface area contributed by atoms with Gasteiger partial charge in [0.15, 0.2) is 0 Å². The van der Waals surface area contributed by atoms with Crippen LogP contribution in [0.25, 0.3) is 11.5 Å². The first-order valence-corrected chi connectivity index (χ1v) is 10.3. The molecule has 0 bridgehead atoms. The van der Waals surface area contributed by atoms with Crippen LogP contribution in [0.3, 0.4) is 0 Å². The highest BCUT2D eigenvalue weighted by Crippen LogP contribution is 2.23. The summed E-state index contributed by atoms with van der Waals surface area (Å²) >= 11 is 0. The fourth-order valence-corrected chi connectivity index (χ4v) is 3.77. The Kier molecular flexibility index (Phi) is 6.10. The second kappa shape index (κ2) is 9.09. The van der Waals surface area contributed by atoms with E-state index >= 15 is 0 Å². The van der Waals surface area contributed by atoms with E-state index in [0.29, 0.717) is 24.0 Å². The summed E-state index contributed by atoms with van der Waals surface area (Å²) in [6.07, 6.45) is 7.63. The Morgan fingerprint density at radius 2 is 2.10 bits per heavy atom. The summed E-state index contributed by atoms with van der Waals surface area (Å²) in [4.78, 5) is 11.4. The van der Waals surface area contributed by atoms with E-state index in [2.05, 4.69) is 21.8 Å². The van der Waals surface area contributed by atoms with Gasteiger partial charge in [-0.05, 0) is 69.1 Å². The Bertz CT molecular complexity index is 923. The molecule has 1 atom stereocenters. The maximum absolute atomic E-state index is 5.96.